The summed E-state index contributed by atoms with van der Waals surface area (Å²) >= 11 is 0. The molecule has 0 spiro atoms. The first kappa shape index (κ1) is 16.7. The van der Waals surface area contributed by atoms with Gasteiger partial charge >= 0.3 is 5.97 Å². The largest absolute Gasteiger partial charge is 0.466 e. The molecule has 1 aromatic rings. The number of carbonyl (C=O) groups is 1. The van der Waals surface area contributed by atoms with Gasteiger partial charge in [0.2, 0.25) is 0 Å². The number of ether oxygens (including phenoxy) is 1. The van der Waals surface area contributed by atoms with Crippen LogP contribution in [0.2, 0.25) is 0 Å². The predicted octanol–water partition coefficient (Wildman–Crippen LogP) is 3.61. The molecule has 3 nitrogen and oxygen atoms in total. The minimum atomic E-state index is -0.107. The van der Waals surface area contributed by atoms with E-state index in [-0.39, 0.29) is 5.97 Å². The zero-order valence-corrected chi connectivity index (χ0v) is 13.4. The molecule has 0 aliphatic carbocycles. The molecule has 0 aliphatic heterocycles. The van der Waals surface area contributed by atoms with Gasteiger partial charge in [0.05, 0.1) is 6.61 Å². The second-order valence-corrected chi connectivity index (χ2v) is 5.40. The number of aryl methyl sites for hydroxylation is 3. The molecule has 1 rings (SSSR count). The first-order valence-electron chi connectivity index (χ1n) is 7.42. The molecule has 0 saturated carbocycles. The Kier molecular flexibility index (Phi) is 6.73. The van der Waals surface area contributed by atoms with Gasteiger partial charge in [0.15, 0.2) is 0 Å². The second-order valence-electron chi connectivity index (χ2n) is 5.40. The van der Waals surface area contributed by atoms with Gasteiger partial charge in [-0.25, -0.2) is 0 Å². The first-order valence-corrected chi connectivity index (χ1v) is 7.42. The lowest BCUT2D eigenvalue weighted by molar-refractivity contribution is -0.143. The minimum Gasteiger partial charge on any atom is -0.466 e. The maximum Gasteiger partial charge on any atom is 0.305 e. The van der Waals surface area contributed by atoms with Crippen LogP contribution in [0.15, 0.2) is 12.1 Å². The zero-order valence-electron chi connectivity index (χ0n) is 13.4. The lowest BCUT2D eigenvalue weighted by Gasteiger charge is -2.19. The van der Waals surface area contributed by atoms with Crippen LogP contribution in [-0.4, -0.2) is 19.1 Å². The maximum absolute atomic E-state index is 11.3. The number of carbonyl (C=O) groups excluding carboxylic acids is 1. The summed E-state index contributed by atoms with van der Waals surface area (Å²) in [7, 11) is 0. The summed E-state index contributed by atoms with van der Waals surface area (Å²) in [4.78, 5) is 11.3. The van der Waals surface area contributed by atoms with Crippen molar-refractivity contribution in [2.75, 3.05) is 13.2 Å². The Balaban J connectivity index is 2.47. The Hall–Kier alpha value is -1.35. The van der Waals surface area contributed by atoms with Gasteiger partial charge in [0.1, 0.15) is 0 Å². The number of esters is 1. The third-order valence-corrected chi connectivity index (χ3v) is 3.48. The van der Waals surface area contributed by atoms with E-state index in [0.717, 1.165) is 13.0 Å². The summed E-state index contributed by atoms with van der Waals surface area (Å²) < 4.78 is 4.92. The van der Waals surface area contributed by atoms with Gasteiger partial charge in [0, 0.05) is 12.5 Å². The van der Waals surface area contributed by atoms with Crippen molar-refractivity contribution in [3.8, 4) is 0 Å². The zero-order chi connectivity index (χ0) is 15.1. The van der Waals surface area contributed by atoms with Gasteiger partial charge < -0.3 is 10.1 Å². The Labute approximate surface area is 122 Å². The lowest BCUT2D eigenvalue weighted by Crippen LogP contribution is -2.22. The Morgan fingerprint density at radius 1 is 1.25 bits per heavy atom. The molecule has 20 heavy (non-hydrogen) atoms. The third-order valence-electron chi connectivity index (χ3n) is 3.48. The fourth-order valence-corrected chi connectivity index (χ4v) is 2.76. The van der Waals surface area contributed by atoms with Crippen LogP contribution in [0.4, 0.5) is 0 Å². The maximum atomic E-state index is 11.3. The standard InChI is InChI=1S/C17H27NO2/c1-6-20-16(19)8-7-9-18-15(5)17-13(3)10-12(2)11-14(17)4/h10-11,15,18H,6-9H2,1-5H3. The Morgan fingerprint density at radius 3 is 2.40 bits per heavy atom. The van der Waals surface area contributed by atoms with Crippen LogP contribution in [0.25, 0.3) is 0 Å². The first-order chi connectivity index (χ1) is 9.45. The molecule has 1 atom stereocenters. The van der Waals surface area contributed by atoms with Crippen molar-refractivity contribution in [1.29, 1.82) is 0 Å². The van der Waals surface area contributed by atoms with Crippen LogP contribution >= 0.6 is 0 Å². The molecular formula is C17H27NO2. The van der Waals surface area contributed by atoms with Crippen molar-refractivity contribution in [1.82, 2.24) is 5.32 Å². The van der Waals surface area contributed by atoms with Crippen LogP contribution in [0.5, 0.6) is 0 Å². The summed E-state index contributed by atoms with van der Waals surface area (Å²) in [5.41, 5.74) is 5.32. The van der Waals surface area contributed by atoms with Crippen molar-refractivity contribution in [2.24, 2.45) is 0 Å². The average Bonchev–Trinajstić information content (AvgIpc) is 2.33. The smallest absolute Gasteiger partial charge is 0.305 e. The molecule has 1 aromatic carbocycles. The number of hydrogen-bond donors (Lipinski definition) is 1. The normalized spacial score (nSPS) is 12.2. The van der Waals surface area contributed by atoms with E-state index in [2.05, 4.69) is 45.1 Å². The Morgan fingerprint density at radius 2 is 1.85 bits per heavy atom. The molecule has 0 aromatic heterocycles. The van der Waals surface area contributed by atoms with Gasteiger partial charge in [-0.3, -0.25) is 4.79 Å². The summed E-state index contributed by atoms with van der Waals surface area (Å²) in [5, 5.41) is 3.49. The molecule has 0 saturated heterocycles. The quantitative estimate of drug-likeness (QED) is 0.611. The predicted molar refractivity (Wildman–Crippen MR) is 82.9 cm³/mol. The topological polar surface area (TPSA) is 38.3 Å². The highest BCUT2D eigenvalue weighted by Gasteiger charge is 2.11. The van der Waals surface area contributed by atoms with E-state index in [1.165, 1.54) is 22.3 Å². The summed E-state index contributed by atoms with van der Waals surface area (Å²) in [6, 6.07) is 4.75. The molecule has 0 amide bonds. The Bertz CT molecular complexity index is 431. The molecule has 1 unspecified atom stereocenters. The monoisotopic (exact) mass is 277 g/mol. The molecule has 112 valence electrons. The summed E-state index contributed by atoms with van der Waals surface area (Å²) in [6.07, 6.45) is 1.30. The highest BCUT2D eigenvalue weighted by Crippen LogP contribution is 2.23. The molecule has 3 heteroatoms. The third kappa shape index (κ3) is 4.97. The van der Waals surface area contributed by atoms with Crippen molar-refractivity contribution >= 4 is 5.97 Å². The van der Waals surface area contributed by atoms with E-state index in [1.807, 2.05) is 6.92 Å². The van der Waals surface area contributed by atoms with Crippen molar-refractivity contribution < 1.29 is 9.53 Å². The number of benzene rings is 1. The van der Waals surface area contributed by atoms with Gasteiger partial charge in [-0.05, 0) is 64.3 Å². The van der Waals surface area contributed by atoms with Crippen LogP contribution < -0.4 is 5.32 Å². The SMILES string of the molecule is CCOC(=O)CCCNC(C)c1c(C)cc(C)cc1C. The number of hydrogen-bond acceptors (Lipinski definition) is 3. The fraction of sp³-hybridized carbons (Fsp3) is 0.588. The molecule has 0 fully saturated rings. The second kappa shape index (κ2) is 8.05. The van der Waals surface area contributed by atoms with E-state index < -0.39 is 0 Å². The molecule has 0 heterocycles. The lowest BCUT2D eigenvalue weighted by atomic mass is 9.95. The molecule has 0 bridgehead atoms. The van der Waals surface area contributed by atoms with Crippen LogP contribution in [0.3, 0.4) is 0 Å². The van der Waals surface area contributed by atoms with Crippen LogP contribution in [-0.2, 0) is 9.53 Å². The van der Waals surface area contributed by atoms with E-state index in [4.69, 9.17) is 4.74 Å². The number of rotatable bonds is 7. The highest BCUT2D eigenvalue weighted by atomic mass is 16.5. The van der Waals surface area contributed by atoms with E-state index in [1.54, 1.807) is 0 Å². The van der Waals surface area contributed by atoms with E-state index in [0.29, 0.717) is 19.1 Å². The van der Waals surface area contributed by atoms with E-state index >= 15 is 0 Å². The summed E-state index contributed by atoms with van der Waals surface area (Å²) in [6.45, 7) is 11.7. The average molecular weight is 277 g/mol. The highest BCUT2D eigenvalue weighted by molar-refractivity contribution is 5.69. The molecule has 1 N–H and O–H groups in total. The molecule has 0 aliphatic rings. The van der Waals surface area contributed by atoms with Gasteiger partial charge in [-0.2, -0.15) is 0 Å². The van der Waals surface area contributed by atoms with Gasteiger partial charge in [-0.15, -0.1) is 0 Å². The van der Waals surface area contributed by atoms with Gasteiger partial charge in [-0.1, -0.05) is 17.7 Å². The van der Waals surface area contributed by atoms with Crippen molar-refractivity contribution in [3.05, 3.63) is 34.4 Å². The summed E-state index contributed by atoms with van der Waals surface area (Å²) in [5.74, 6) is -0.107. The minimum absolute atomic E-state index is 0.107. The van der Waals surface area contributed by atoms with Crippen LogP contribution in [0.1, 0.15) is 55.0 Å². The molecular weight excluding hydrogens is 250 g/mol. The molecule has 0 radical (unpaired) electrons. The van der Waals surface area contributed by atoms with Gasteiger partial charge in [0.25, 0.3) is 0 Å². The number of nitrogens with one attached hydrogen (secondary N) is 1. The van der Waals surface area contributed by atoms with Crippen molar-refractivity contribution in [2.45, 2.75) is 53.5 Å². The fourth-order valence-electron chi connectivity index (χ4n) is 2.76. The van der Waals surface area contributed by atoms with Crippen molar-refractivity contribution in [3.63, 3.8) is 0 Å². The van der Waals surface area contributed by atoms with E-state index in [9.17, 15) is 4.79 Å². The van der Waals surface area contributed by atoms with Crippen LogP contribution in [0, 0.1) is 20.8 Å².